The zero-order valence-electron chi connectivity index (χ0n) is 11.5. The Kier molecular flexibility index (Phi) is 3.89. The van der Waals surface area contributed by atoms with Crippen molar-refractivity contribution in [2.45, 2.75) is 37.9 Å². The number of aryl methyl sites for hydroxylation is 1. The highest BCUT2D eigenvalue weighted by Crippen LogP contribution is 2.26. The molecule has 5 heteroatoms. The monoisotopic (exact) mass is 275 g/mol. The first-order chi connectivity index (χ1) is 9.76. The Balaban J connectivity index is 1.64. The van der Waals surface area contributed by atoms with Crippen LogP contribution < -0.4 is 16.4 Å². The first-order valence-electron chi connectivity index (χ1n) is 7.29. The van der Waals surface area contributed by atoms with Gasteiger partial charge in [0, 0.05) is 24.5 Å². The van der Waals surface area contributed by atoms with E-state index in [4.69, 9.17) is 10.5 Å². The Bertz CT molecular complexity index is 504. The molecule has 0 aliphatic carbocycles. The third-order valence-electron chi connectivity index (χ3n) is 3.97. The predicted octanol–water partition coefficient (Wildman–Crippen LogP) is 1.49. The van der Waals surface area contributed by atoms with Crippen LogP contribution in [0.4, 0.5) is 11.4 Å². The van der Waals surface area contributed by atoms with Crippen molar-refractivity contribution in [3.05, 3.63) is 23.8 Å². The van der Waals surface area contributed by atoms with Gasteiger partial charge in [-0.1, -0.05) is 0 Å². The molecule has 20 heavy (non-hydrogen) atoms. The quantitative estimate of drug-likeness (QED) is 0.781. The van der Waals surface area contributed by atoms with Crippen LogP contribution in [-0.4, -0.2) is 31.2 Å². The van der Waals surface area contributed by atoms with E-state index in [-0.39, 0.29) is 18.1 Å². The van der Waals surface area contributed by atoms with Gasteiger partial charge in [-0.2, -0.15) is 0 Å². The van der Waals surface area contributed by atoms with Crippen LogP contribution >= 0.6 is 0 Å². The van der Waals surface area contributed by atoms with Crippen molar-refractivity contribution in [3.8, 4) is 0 Å². The van der Waals surface area contributed by atoms with Gasteiger partial charge in [0.15, 0.2) is 0 Å². The van der Waals surface area contributed by atoms with Gasteiger partial charge in [-0.05, 0) is 49.4 Å². The number of benzene rings is 1. The molecule has 5 nitrogen and oxygen atoms in total. The number of fused-ring (bicyclic) bond motifs is 1. The number of anilines is 2. The molecule has 0 radical (unpaired) electrons. The van der Waals surface area contributed by atoms with Crippen LogP contribution in [0.25, 0.3) is 0 Å². The zero-order chi connectivity index (χ0) is 13.9. The molecule has 108 valence electrons. The average Bonchev–Trinajstić information content (AvgIpc) is 2.96. The van der Waals surface area contributed by atoms with Gasteiger partial charge in [-0.15, -0.1) is 0 Å². The van der Waals surface area contributed by atoms with E-state index in [2.05, 4.69) is 16.7 Å². The lowest BCUT2D eigenvalue weighted by molar-refractivity contribution is -0.126. The molecule has 0 saturated carbocycles. The number of rotatable bonds is 3. The minimum absolute atomic E-state index is 0.0264. The molecular formula is C15H21N3O2. The molecule has 0 spiro atoms. The summed E-state index contributed by atoms with van der Waals surface area (Å²) in [6, 6.07) is 6.02. The van der Waals surface area contributed by atoms with Crippen molar-refractivity contribution in [2.24, 2.45) is 5.73 Å². The number of carbonyl (C=O) groups is 1. The minimum atomic E-state index is -0.363. The molecule has 2 aliphatic rings. The SMILES string of the molecule is NC[C@H]1CC[C@@H](C(=O)Nc2ccc3c(c2)CCCN3)O1. The lowest BCUT2D eigenvalue weighted by Gasteiger charge is -2.19. The number of nitrogens with one attached hydrogen (secondary N) is 2. The van der Waals surface area contributed by atoms with Crippen molar-refractivity contribution in [2.75, 3.05) is 23.7 Å². The lowest BCUT2D eigenvalue weighted by Crippen LogP contribution is -2.29. The second kappa shape index (κ2) is 5.81. The summed E-state index contributed by atoms with van der Waals surface area (Å²) in [7, 11) is 0. The Labute approximate surface area is 118 Å². The Morgan fingerprint density at radius 2 is 2.35 bits per heavy atom. The van der Waals surface area contributed by atoms with Gasteiger partial charge in [-0.3, -0.25) is 4.79 Å². The maximum atomic E-state index is 12.2. The molecule has 0 aromatic heterocycles. The highest BCUT2D eigenvalue weighted by atomic mass is 16.5. The van der Waals surface area contributed by atoms with Gasteiger partial charge in [0.05, 0.1) is 6.10 Å². The number of carbonyl (C=O) groups excluding carboxylic acids is 1. The summed E-state index contributed by atoms with van der Waals surface area (Å²) < 4.78 is 5.61. The summed E-state index contributed by atoms with van der Waals surface area (Å²) in [5.74, 6) is -0.0651. The molecule has 1 aromatic carbocycles. The number of amides is 1. The van der Waals surface area contributed by atoms with Crippen LogP contribution in [0.15, 0.2) is 18.2 Å². The highest BCUT2D eigenvalue weighted by molar-refractivity contribution is 5.94. The molecule has 3 rings (SSSR count). The number of nitrogens with two attached hydrogens (primary N) is 1. The van der Waals surface area contributed by atoms with Gasteiger partial charge in [0.1, 0.15) is 6.10 Å². The molecule has 2 heterocycles. The second-order valence-corrected chi connectivity index (χ2v) is 5.45. The van der Waals surface area contributed by atoms with E-state index in [9.17, 15) is 4.79 Å². The Morgan fingerprint density at radius 1 is 1.45 bits per heavy atom. The average molecular weight is 275 g/mol. The van der Waals surface area contributed by atoms with E-state index < -0.39 is 0 Å². The zero-order valence-corrected chi connectivity index (χ0v) is 11.5. The molecule has 0 unspecified atom stereocenters. The van der Waals surface area contributed by atoms with Crippen LogP contribution in [0, 0.1) is 0 Å². The third kappa shape index (κ3) is 2.78. The molecule has 1 aromatic rings. The summed E-state index contributed by atoms with van der Waals surface area (Å²) in [4.78, 5) is 12.2. The topological polar surface area (TPSA) is 76.4 Å². The smallest absolute Gasteiger partial charge is 0.253 e. The highest BCUT2D eigenvalue weighted by Gasteiger charge is 2.29. The summed E-state index contributed by atoms with van der Waals surface area (Å²) >= 11 is 0. The van der Waals surface area contributed by atoms with E-state index in [1.165, 1.54) is 11.3 Å². The number of hydrogen-bond donors (Lipinski definition) is 3. The summed E-state index contributed by atoms with van der Waals surface area (Å²) in [5.41, 5.74) is 8.85. The maximum absolute atomic E-state index is 12.2. The molecule has 1 fully saturated rings. The number of ether oxygens (including phenoxy) is 1. The predicted molar refractivity (Wildman–Crippen MR) is 78.8 cm³/mol. The van der Waals surface area contributed by atoms with Crippen LogP contribution in [-0.2, 0) is 16.0 Å². The Morgan fingerprint density at radius 3 is 3.15 bits per heavy atom. The Hall–Kier alpha value is -1.59. The van der Waals surface area contributed by atoms with E-state index in [1.807, 2.05) is 12.1 Å². The first-order valence-corrected chi connectivity index (χ1v) is 7.29. The summed E-state index contributed by atoms with van der Waals surface area (Å²) in [5, 5.41) is 6.31. The van der Waals surface area contributed by atoms with Gasteiger partial charge in [0.25, 0.3) is 5.91 Å². The lowest BCUT2D eigenvalue weighted by atomic mass is 10.0. The summed E-state index contributed by atoms with van der Waals surface area (Å²) in [6.07, 6.45) is 3.47. The van der Waals surface area contributed by atoms with E-state index in [1.54, 1.807) is 0 Å². The van der Waals surface area contributed by atoms with Crippen molar-refractivity contribution in [3.63, 3.8) is 0 Å². The van der Waals surface area contributed by atoms with Gasteiger partial charge < -0.3 is 21.1 Å². The molecule has 2 atom stereocenters. The minimum Gasteiger partial charge on any atom is -0.385 e. The van der Waals surface area contributed by atoms with Crippen LogP contribution in [0.2, 0.25) is 0 Å². The van der Waals surface area contributed by atoms with Crippen molar-refractivity contribution in [1.82, 2.24) is 0 Å². The fraction of sp³-hybridized carbons (Fsp3) is 0.533. The van der Waals surface area contributed by atoms with Gasteiger partial charge in [0.2, 0.25) is 0 Å². The van der Waals surface area contributed by atoms with E-state index in [0.29, 0.717) is 6.54 Å². The molecule has 4 N–H and O–H groups in total. The second-order valence-electron chi connectivity index (χ2n) is 5.45. The maximum Gasteiger partial charge on any atom is 0.253 e. The van der Waals surface area contributed by atoms with Crippen molar-refractivity contribution < 1.29 is 9.53 Å². The molecule has 1 saturated heterocycles. The van der Waals surface area contributed by atoms with Crippen molar-refractivity contribution in [1.29, 1.82) is 0 Å². The van der Waals surface area contributed by atoms with Crippen LogP contribution in [0.1, 0.15) is 24.8 Å². The standard InChI is InChI=1S/C15H21N3O2/c16-9-12-4-6-14(20-12)15(19)18-11-3-5-13-10(8-11)2-1-7-17-13/h3,5,8,12,14,17H,1-2,4,6-7,9,16H2,(H,18,19)/t12-,14+/m1/s1. The van der Waals surface area contributed by atoms with Gasteiger partial charge in [-0.25, -0.2) is 0 Å². The fourth-order valence-corrected chi connectivity index (χ4v) is 2.85. The largest absolute Gasteiger partial charge is 0.385 e. The normalized spacial score (nSPS) is 24.9. The fourth-order valence-electron chi connectivity index (χ4n) is 2.85. The third-order valence-corrected chi connectivity index (χ3v) is 3.97. The first kappa shape index (κ1) is 13.4. The molecular weight excluding hydrogens is 254 g/mol. The molecule has 2 aliphatic heterocycles. The van der Waals surface area contributed by atoms with Crippen LogP contribution in [0.5, 0.6) is 0 Å². The van der Waals surface area contributed by atoms with Gasteiger partial charge >= 0.3 is 0 Å². The molecule has 1 amide bonds. The van der Waals surface area contributed by atoms with Crippen molar-refractivity contribution >= 4 is 17.3 Å². The number of hydrogen-bond acceptors (Lipinski definition) is 4. The van der Waals surface area contributed by atoms with E-state index in [0.717, 1.165) is 37.9 Å². The summed E-state index contributed by atoms with van der Waals surface area (Å²) in [6.45, 7) is 1.50. The molecule has 0 bridgehead atoms. The van der Waals surface area contributed by atoms with E-state index >= 15 is 0 Å². The van der Waals surface area contributed by atoms with Crippen LogP contribution in [0.3, 0.4) is 0 Å².